The lowest BCUT2D eigenvalue weighted by atomic mass is 10.1. The van der Waals surface area contributed by atoms with E-state index in [4.69, 9.17) is 14.2 Å². The fourth-order valence-corrected chi connectivity index (χ4v) is 2.59. The lowest BCUT2D eigenvalue weighted by molar-refractivity contribution is -0.139. The van der Waals surface area contributed by atoms with Crippen molar-refractivity contribution in [2.24, 2.45) is 0 Å². The highest BCUT2D eigenvalue weighted by atomic mass is 19.4. The SMILES string of the molecule is COC(=O)C1=C(C(=O)OC)N(c2cc(C(F)(F)F)ccc2OC(C)C)C=CC=C1. The van der Waals surface area contributed by atoms with Gasteiger partial charge in [-0.25, -0.2) is 9.59 Å². The van der Waals surface area contributed by atoms with Gasteiger partial charge in [0.05, 0.1) is 37.1 Å². The van der Waals surface area contributed by atoms with Gasteiger partial charge in [-0.3, -0.25) is 0 Å². The predicted molar refractivity (Wildman–Crippen MR) is 99.0 cm³/mol. The standard InChI is InChI=1S/C20H20F3NO5/c1-12(2)29-16-9-8-13(20(21,22)23)11-15(16)24-10-6-5-7-14(18(25)27-3)17(24)19(26)28-4/h5-12H,1-4H3. The summed E-state index contributed by atoms with van der Waals surface area (Å²) in [5.74, 6) is -1.70. The van der Waals surface area contributed by atoms with E-state index < -0.39 is 23.7 Å². The van der Waals surface area contributed by atoms with E-state index in [1.54, 1.807) is 13.8 Å². The Balaban J connectivity index is 2.79. The molecule has 0 unspecified atom stereocenters. The Morgan fingerprint density at radius 1 is 1.03 bits per heavy atom. The number of anilines is 1. The fourth-order valence-electron chi connectivity index (χ4n) is 2.59. The molecular formula is C20H20F3NO5. The molecule has 0 N–H and O–H groups in total. The monoisotopic (exact) mass is 411 g/mol. The van der Waals surface area contributed by atoms with Crippen molar-refractivity contribution in [3.05, 3.63) is 59.5 Å². The van der Waals surface area contributed by atoms with Crippen molar-refractivity contribution in [3.63, 3.8) is 0 Å². The Hall–Kier alpha value is -3.23. The third kappa shape index (κ3) is 4.98. The molecule has 0 spiro atoms. The molecule has 0 atom stereocenters. The highest BCUT2D eigenvalue weighted by Crippen LogP contribution is 2.39. The Morgan fingerprint density at radius 2 is 1.69 bits per heavy atom. The fraction of sp³-hybridized carbons (Fsp3) is 0.300. The molecule has 0 amide bonds. The zero-order valence-corrected chi connectivity index (χ0v) is 16.2. The van der Waals surface area contributed by atoms with E-state index in [9.17, 15) is 22.8 Å². The van der Waals surface area contributed by atoms with Gasteiger partial charge in [-0.2, -0.15) is 13.2 Å². The van der Waals surface area contributed by atoms with E-state index in [-0.39, 0.29) is 28.8 Å². The van der Waals surface area contributed by atoms with E-state index >= 15 is 0 Å². The molecule has 0 aromatic heterocycles. The van der Waals surface area contributed by atoms with Gasteiger partial charge >= 0.3 is 18.1 Å². The highest BCUT2D eigenvalue weighted by Gasteiger charge is 2.34. The van der Waals surface area contributed by atoms with Gasteiger partial charge < -0.3 is 19.1 Å². The first-order chi connectivity index (χ1) is 13.6. The molecule has 0 aliphatic carbocycles. The molecule has 0 bridgehead atoms. The Kier molecular flexibility index (Phi) is 6.73. The van der Waals surface area contributed by atoms with Crippen LogP contribution in [0.4, 0.5) is 18.9 Å². The van der Waals surface area contributed by atoms with Crippen LogP contribution in [0.2, 0.25) is 0 Å². The lowest BCUT2D eigenvalue weighted by Crippen LogP contribution is -2.28. The van der Waals surface area contributed by atoms with Gasteiger partial charge in [-0.05, 0) is 44.2 Å². The summed E-state index contributed by atoms with van der Waals surface area (Å²) < 4.78 is 55.1. The van der Waals surface area contributed by atoms with Crippen LogP contribution in [0.15, 0.2) is 53.9 Å². The molecule has 0 saturated carbocycles. The minimum Gasteiger partial charge on any atom is -0.489 e. The molecule has 1 heterocycles. The average Bonchev–Trinajstić information content (AvgIpc) is 2.88. The number of hydrogen-bond donors (Lipinski definition) is 0. The number of alkyl halides is 3. The number of halogens is 3. The molecule has 1 aromatic carbocycles. The second-order valence-electron chi connectivity index (χ2n) is 6.16. The van der Waals surface area contributed by atoms with Crippen LogP contribution >= 0.6 is 0 Å². The van der Waals surface area contributed by atoms with Gasteiger partial charge in [0.25, 0.3) is 0 Å². The van der Waals surface area contributed by atoms with Crippen molar-refractivity contribution < 1.29 is 37.0 Å². The van der Waals surface area contributed by atoms with Crippen molar-refractivity contribution >= 4 is 17.6 Å². The summed E-state index contributed by atoms with van der Waals surface area (Å²) in [6, 6.07) is 2.88. The predicted octanol–water partition coefficient (Wildman–Crippen LogP) is 3.98. The topological polar surface area (TPSA) is 65.1 Å². The summed E-state index contributed by atoms with van der Waals surface area (Å²) >= 11 is 0. The quantitative estimate of drug-likeness (QED) is 0.683. The third-order valence-corrected chi connectivity index (χ3v) is 3.80. The van der Waals surface area contributed by atoms with Crippen molar-refractivity contribution in [2.75, 3.05) is 19.1 Å². The van der Waals surface area contributed by atoms with Crippen molar-refractivity contribution in [2.45, 2.75) is 26.1 Å². The molecule has 29 heavy (non-hydrogen) atoms. The van der Waals surface area contributed by atoms with E-state index in [0.717, 1.165) is 37.3 Å². The second kappa shape index (κ2) is 8.85. The van der Waals surface area contributed by atoms with Crippen molar-refractivity contribution in [1.82, 2.24) is 0 Å². The Bertz CT molecular complexity index is 885. The number of methoxy groups -OCH3 is 2. The minimum atomic E-state index is -4.63. The van der Waals surface area contributed by atoms with Crippen LogP contribution < -0.4 is 9.64 Å². The largest absolute Gasteiger partial charge is 0.489 e. The molecule has 1 aromatic rings. The summed E-state index contributed by atoms with van der Waals surface area (Å²) in [4.78, 5) is 25.8. The number of rotatable bonds is 5. The first kappa shape index (κ1) is 22.1. The van der Waals surface area contributed by atoms with Crippen molar-refractivity contribution in [1.29, 1.82) is 0 Å². The van der Waals surface area contributed by atoms with E-state index in [1.807, 2.05) is 0 Å². The molecular weight excluding hydrogens is 391 g/mol. The second-order valence-corrected chi connectivity index (χ2v) is 6.16. The van der Waals surface area contributed by atoms with Crippen LogP contribution in [0.5, 0.6) is 5.75 Å². The summed E-state index contributed by atoms with van der Waals surface area (Å²) in [6.45, 7) is 3.41. The summed E-state index contributed by atoms with van der Waals surface area (Å²) in [7, 11) is 2.22. The van der Waals surface area contributed by atoms with E-state index in [1.165, 1.54) is 24.4 Å². The van der Waals surface area contributed by atoms with Crippen molar-refractivity contribution in [3.8, 4) is 5.75 Å². The average molecular weight is 411 g/mol. The summed E-state index contributed by atoms with van der Waals surface area (Å²) in [5.41, 5.74) is -1.53. The molecule has 9 heteroatoms. The number of hydrogen-bond acceptors (Lipinski definition) is 6. The number of esters is 2. The zero-order chi connectivity index (χ0) is 21.8. The molecule has 0 fully saturated rings. The summed E-state index contributed by atoms with van der Waals surface area (Å²) in [5, 5.41) is 0. The maximum atomic E-state index is 13.3. The normalized spacial score (nSPS) is 14.1. The molecule has 156 valence electrons. The van der Waals surface area contributed by atoms with Gasteiger partial charge in [-0.1, -0.05) is 6.08 Å². The third-order valence-electron chi connectivity index (χ3n) is 3.80. The van der Waals surface area contributed by atoms with E-state index in [2.05, 4.69) is 0 Å². The minimum absolute atomic E-state index is 0.0877. The Morgan fingerprint density at radius 3 is 2.24 bits per heavy atom. The first-order valence-electron chi connectivity index (χ1n) is 8.53. The molecule has 6 nitrogen and oxygen atoms in total. The molecule has 1 aliphatic rings. The van der Waals surface area contributed by atoms with Gasteiger partial charge in [-0.15, -0.1) is 0 Å². The van der Waals surface area contributed by atoms with Gasteiger partial charge in [0.2, 0.25) is 0 Å². The van der Waals surface area contributed by atoms with Crippen LogP contribution in [0, 0.1) is 0 Å². The van der Waals surface area contributed by atoms with Gasteiger partial charge in [0.1, 0.15) is 11.4 Å². The number of carbonyl (C=O) groups excluding carboxylic acids is 2. The molecule has 2 rings (SSSR count). The number of nitrogens with zero attached hydrogens (tertiary/aromatic N) is 1. The van der Waals surface area contributed by atoms with Gasteiger partial charge in [0.15, 0.2) is 0 Å². The molecule has 0 radical (unpaired) electrons. The Labute approximate surface area is 165 Å². The lowest BCUT2D eigenvalue weighted by Gasteiger charge is -2.26. The number of carbonyl (C=O) groups is 2. The maximum absolute atomic E-state index is 13.3. The van der Waals surface area contributed by atoms with Crippen LogP contribution in [0.3, 0.4) is 0 Å². The van der Waals surface area contributed by atoms with Crippen LogP contribution in [0.25, 0.3) is 0 Å². The zero-order valence-electron chi connectivity index (χ0n) is 16.2. The molecule has 1 aliphatic heterocycles. The number of benzene rings is 1. The maximum Gasteiger partial charge on any atom is 0.416 e. The number of ether oxygens (including phenoxy) is 3. The smallest absolute Gasteiger partial charge is 0.416 e. The molecule has 0 saturated heterocycles. The van der Waals surface area contributed by atoms with Crippen LogP contribution in [0.1, 0.15) is 19.4 Å². The highest BCUT2D eigenvalue weighted by molar-refractivity contribution is 6.05. The van der Waals surface area contributed by atoms with Gasteiger partial charge in [0, 0.05) is 6.20 Å². The van der Waals surface area contributed by atoms with E-state index in [0.29, 0.717) is 0 Å². The van der Waals surface area contributed by atoms with Crippen LogP contribution in [-0.2, 0) is 25.2 Å². The van der Waals surface area contributed by atoms with Crippen LogP contribution in [-0.4, -0.2) is 32.3 Å². The summed E-state index contributed by atoms with van der Waals surface area (Å²) in [6.07, 6.45) is 0.570. The number of allylic oxidation sites excluding steroid dienone is 2. The first-order valence-corrected chi connectivity index (χ1v) is 8.53.